The molecule has 3 N–H and O–H groups in total. The highest BCUT2D eigenvalue weighted by Crippen LogP contribution is 2.39. The molecular weight excluding hydrogens is 466 g/mol. The molecule has 192 valence electrons. The number of carbonyl (C=O) groups excluding carboxylic acids is 2. The van der Waals surface area contributed by atoms with Gasteiger partial charge < -0.3 is 24.5 Å². The summed E-state index contributed by atoms with van der Waals surface area (Å²) in [6, 6.07) is 13.8. The quantitative estimate of drug-likeness (QED) is 0.307. The number of benzene rings is 2. The van der Waals surface area contributed by atoms with Gasteiger partial charge in [0.15, 0.2) is 0 Å². The number of nitrogens with one attached hydrogen (secondary N) is 2. The van der Waals surface area contributed by atoms with Crippen LogP contribution in [0.25, 0.3) is 33.0 Å². The number of nitrogens with zero attached hydrogens (tertiary/aromatic N) is 3. The van der Waals surface area contributed by atoms with E-state index < -0.39 is 17.9 Å². The van der Waals surface area contributed by atoms with E-state index in [1.807, 2.05) is 72.2 Å². The summed E-state index contributed by atoms with van der Waals surface area (Å²) in [5.41, 5.74) is 4.87. The predicted octanol–water partition coefficient (Wildman–Crippen LogP) is 3.46. The summed E-state index contributed by atoms with van der Waals surface area (Å²) < 4.78 is 1.99. The second kappa shape index (κ2) is 9.88. The highest BCUT2D eigenvalue weighted by Gasteiger charge is 2.35. The standard InChI is InChI=1S/C29H33N5O3/c1-5-33(6-2)15-19(35)16-34-17-23(21-13-18(32(3)4)11-12-25(21)34)27-26(28(36)31-29(27)37)22-14-30-24-10-8-7-9-20(22)24/h7-14,17,19,30,35H,5-6,15-16H2,1-4H3,(H,31,36,37). The third-order valence-corrected chi connectivity index (χ3v) is 7.21. The first-order chi connectivity index (χ1) is 17.8. The van der Waals surface area contributed by atoms with E-state index in [0.717, 1.165) is 40.6 Å². The lowest BCUT2D eigenvalue weighted by Gasteiger charge is -2.22. The van der Waals surface area contributed by atoms with Crippen molar-refractivity contribution in [2.45, 2.75) is 26.5 Å². The number of anilines is 1. The second-order valence-electron chi connectivity index (χ2n) is 9.71. The van der Waals surface area contributed by atoms with Gasteiger partial charge >= 0.3 is 0 Å². The van der Waals surface area contributed by atoms with E-state index in [-0.39, 0.29) is 0 Å². The number of para-hydroxylation sites is 1. The summed E-state index contributed by atoms with van der Waals surface area (Å²) >= 11 is 0. The molecule has 37 heavy (non-hydrogen) atoms. The van der Waals surface area contributed by atoms with Crippen LogP contribution < -0.4 is 10.2 Å². The van der Waals surface area contributed by atoms with E-state index in [1.54, 1.807) is 6.20 Å². The van der Waals surface area contributed by atoms with E-state index >= 15 is 0 Å². The summed E-state index contributed by atoms with van der Waals surface area (Å²) in [5.74, 6) is -0.820. The lowest BCUT2D eigenvalue weighted by Crippen LogP contribution is -2.34. The first kappa shape index (κ1) is 24.8. The van der Waals surface area contributed by atoms with Crippen LogP contribution in [-0.2, 0) is 16.1 Å². The van der Waals surface area contributed by atoms with Crippen LogP contribution in [0.1, 0.15) is 25.0 Å². The van der Waals surface area contributed by atoms with Crippen LogP contribution >= 0.6 is 0 Å². The molecular formula is C29H33N5O3. The van der Waals surface area contributed by atoms with Crippen LogP contribution in [0.15, 0.2) is 54.9 Å². The Morgan fingerprint density at radius 3 is 2.35 bits per heavy atom. The maximum Gasteiger partial charge on any atom is 0.259 e. The van der Waals surface area contributed by atoms with E-state index in [0.29, 0.717) is 35.4 Å². The average molecular weight is 500 g/mol. The van der Waals surface area contributed by atoms with Crippen molar-refractivity contribution in [3.8, 4) is 0 Å². The Morgan fingerprint density at radius 1 is 0.946 bits per heavy atom. The Morgan fingerprint density at radius 2 is 1.65 bits per heavy atom. The third-order valence-electron chi connectivity index (χ3n) is 7.21. The molecule has 0 saturated heterocycles. The number of likely N-dealkylation sites (N-methyl/N-ethyl adjacent to an activating group) is 1. The molecule has 0 aliphatic carbocycles. The van der Waals surface area contributed by atoms with Crippen LogP contribution in [0, 0.1) is 0 Å². The van der Waals surface area contributed by atoms with Crippen molar-refractivity contribution in [2.24, 2.45) is 0 Å². The Balaban J connectivity index is 1.70. The summed E-state index contributed by atoms with van der Waals surface area (Å²) in [6.45, 7) is 6.81. The topological polar surface area (TPSA) is 93.6 Å². The molecule has 4 aromatic rings. The zero-order chi connectivity index (χ0) is 26.3. The van der Waals surface area contributed by atoms with Gasteiger partial charge in [-0.25, -0.2) is 0 Å². The molecule has 0 fully saturated rings. The molecule has 0 bridgehead atoms. The van der Waals surface area contributed by atoms with Crippen LogP contribution in [-0.4, -0.2) is 71.2 Å². The summed E-state index contributed by atoms with van der Waals surface area (Å²) in [5, 5.41) is 15.2. The number of aromatic nitrogens is 2. The van der Waals surface area contributed by atoms with Crippen molar-refractivity contribution < 1.29 is 14.7 Å². The van der Waals surface area contributed by atoms with Gasteiger partial charge in [-0.05, 0) is 37.4 Å². The molecule has 0 saturated carbocycles. The van der Waals surface area contributed by atoms with E-state index in [2.05, 4.69) is 29.0 Å². The van der Waals surface area contributed by atoms with Gasteiger partial charge in [0.05, 0.1) is 17.3 Å². The minimum Gasteiger partial charge on any atom is -0.390 e. The molecule has 2 aromatic carbocycles. The summed E-state index contributed by atoms with van der Waals surface area (Å²) in [7, 11) is 3.93. The third kappa shape index (κ3) is 4.43. The number of fused-ring (bicyclic) bond motifs is 2. The Bertz CT molecular complexity index is 1520. The fraction of sp³-hybridized carbons (Fsp3) is 0.310. The second-order valence-corrected chi connectivity index (χ2v) is 9.71. The zero-order valence-corrected chi connectivity index (χ0v) is 21.7. The van der Waals surface area contributed by atoms with Crippen molar-refractivity contribution in [2.75, 3.05) is 38.6 Å². The first-order valence-electron chi connectivity index (χ1n) is 12.7. The molecule has 1 aliphatic rings. The van der Waals surface area contributed by atoms with E-state index in [4.69, 9.17) is 0 Å². The number of aromatic amines is 1. The number of imide groups is 1. The minimum atomic E-state index is -0.585. The minimum absolute atomic E-state index is 0.354. The molecule has 0 spiro atoms. The number of hydrogen-bond donors (Lipinski definition) is 3. The van der Waals surface area contributed by atoms with Crippen LogP contribution in [0.2, 0.25) is 0 Å². The van der Waals surface area contributed by atoms with Crippen LogP contribution in [0.4, 0.5) is 5.69 Å². The fourth-order valence-corrected chi connectivity index (χ4v) is 5.23. The summed E-state index contributed by atoms with van der Waals surface area (Å²) in [4.78, 5) is 33.8. The van der Waals surface area contributed by atoms with Crippen molar-refractivity contribution in [1.29, 1.82) is 0 Å². The molecule has 2 aromatic heterocycles. The van der Waals surface area contributed by atoms with Gasteiger partial charge in [-0.15, -0.1) is 0 Å². The Hall–Kier alpha value is -3.88. The lowest BCUT2D eigenvalue weighted by molar-refractivity contribution is -0.122. The van der Waals surface area contributed by atoms with Crippen molar-refractivity contribution in [1.82, 2.24) is 19.8 Å². The predicted molar refractivity (Wildman–Crippen MR) is 148 cm³/mol. The number of rotatable bonds is 9. The van der Waals surface area contributed by atoms with Crippen LogP contribution in [0.3, 0.4) is 0 Å². The van der Waals surface area contributed by atoms with Gasteiger partial charge in [0, 0.05) is 78.2 Å². The van der Waals surface area contributed by atoms with Crippen molar-refractivity contribution in [3.05, 3.63) is 66.0 Å². The smallest absolute Gasteiger partial charge is 0.259 e. The molecule has 8 heteroatoms. The highest BCUT2D eigenvalue weighted by atomic mass is 16.3. The normalized spacial score (nSPS) is 14.9. The zero-order valence-electron chi connectivity index (χ0n) is 21.7. The van der Waals surface area contributed by atoms with Gasteiger partial charge in [0.2, 0.25) is 0 Å². The van der Waals surface area contributed by atoms with Crippen molar-refractivity contribution >= 4 is 50.5 Å². The van der Waals surface area contributed by atoms with Gasteiger partial charge in [0.1, 0.15) is 0 Å². The maximum atomic E-state index is 13.3. The molecule has 1 aliphatic heterocycles. The highest BCUT2D eigenvalue weighted by molar-refractivity contribution is 6.50. The number of carbonyl (C=O) groups is 2. The monoisotopic (exact) mass is 499 g/mol. The molecule has 1 atom stereocenters. The van der Waals surface area contributed by atoms with Gasteiger partial charge in [-0.1, -0.05) is 32.0 Å². The fourth-order valence-electron chi connectivity index (χ4n) is 5.23. The molecule has 1 unspecified atom stereocenters. The maximum absolute atomic E-state index is 13.3. The van der Waals surface area contributed by atoms with Gasteiger partial charge in [-0.2, -0.15) is 0 Å². The first-order valence-corrected chi connectivity index (χ1v) is 12.7. The number of amides is 2. The number of H-pyrrole nitrogens is 1. The number of hydrogen-bond acceptors (Lipinski definition) is 5. The van der Waals surface area contributed by atoms with Gasteiger partial charge in [-0.3, -0.25) is 14.9 Å². The van der Waals surface area contributed by atoms with Gasteiger partial charge in [0.25, 0.3) is 11.8 Å². The number of aliphatic hydroxyl groups is 1. The Kier molecular flexibility index (Phi) is 6.62. The van der Waals surface area contributed by atoms with E-state index in [1.165, 1.54) is 0 Å². The van der Waals surface area contributed by atoms with Crippen LogP contribution in [0.5, 0.6) is 0 Å². The number of aliphatic hydroxyl groups excluding tert-OH is 1. The molecule has 5 rings (SSSR count). The molecule has 8 nitrogen and oxygen atoms in total. The van der Waals surface area contributed by atoms with E-state index in [9.17, 15) is 14.7 Å². The molecule has 3 heterocycles. The SMILES string of the molecule is CCN(CC)CC(O)Cn1cc(C2=C(c3c[nH]c4ccccc34)C(=O)NC2=O)c2cc(N(C)C)ccc21. The summed E-state index contributed by atoms with van der Waals surface area (Å²) in [6.07, 6.45) is 3.10. The molecule has 0 radical (unpaired) electrons. The lowest BCUT2D eigenvalue weighted by atomic mass is 9.95. The average Bonchev–Trinajstić information content (AvgIpc) is 3.54. The van der Waals surface area contributed by atoms with Crippen molar-refractivity contribution in [3.63, 3.8) is 0 Å². The largest absolute Gasteiger partial charge is 0.390 e. The Labute approximate surface area is 216 Å². The molecule has 2 amide bonds.